The van der Waals surface area contributed by atoms with E-state index >= 15 is 0 Å². The molecular weight excluding hydrogens is 210 g/mol. The van der Waals surface area contributed by atoms with Gasteiger partial charge in [-0.1, -0.05) is 19.1 Å². The molecule has 0 aromatic heterocycles. The van der Waals surface area contributed by atoms with Crippen LogP contribution in [-0.4, -0.2) is 5.24 Å². The molecule has 14 heavy (non-hydrogen) atoms. The summed E-state index contributed by atoms with van der Waals surface area (Å²) in [5.74, 6) is -2.22. The largest absolute Gasteiger partial charge is 0.281 e. The second kappa shape index (κ2) is 4.51. The topological polar surface area (TPSA) is 17.1 Å². The van der Waals surface area contributed by atoms with E-state index in [2.05, 4.69) is 0 Å². The van der Waals surface area contributed by atoms with Crippen molar-refractivity contribution in [2.75, 3.05) is 0 Å². The average Bonchev–Trinajstić information content (AvgIpc) is 2.08. The number of rotatable bonds is 3. The molecule has 1 unspecified atom stereocenters. The molecule has 0 amide bonds. The van der Waals surface area contributed by atoms with Crippen LogP contribution < -0.4 is 0 Å². The summed E-state index contributed by atoms with van der Waals surface area (Å²) in [6.45, 7) is 1.62. The molecule has 0 N–H and O–H groups in total. The molecule has 0 heterocycles. The summed E-state index contributed by atoms with van der Waals surface area (Å²) < 4.78 is 26.0. The molecule has 0 saturated heterocycles. The highest BCUT2D eigenvalue weighted by atomic mass is 35.5. The molecule has 1 aromatic carbocycles. The van der Waals surface area contributed by atoms with E-state index in [-0.39, 0.29) is 12.0 Å². The van der Waals surface area contributed by atoms with E-state index in [9.17, 15) is 13.6 Å². The Morgan fingerprint density at radius 3 is 2.71 bits per heavy atom. The molecule has 0 aliphatic heterocycles. The van der Waals surface area contributed by atoms with Gasteiger partial charge in [0, 0.05) is 6.42 Å². The maximum atomic E-state index is 13.2. The summed E-state index contributed by atoms with van der Waals surface area (Å²) in [6, 6.07) is 3.89. The molecular formula is C10H9ClF2O. The Labute approximate surface area is 85.7 Å². The van der Waals surface area contributed by atoms with Gasteiger partial charge < -0.3 is 0 Å². The van der Waals surface area contributed by atoms with Crippen LogP contribution in [0.2, 0.25) is 0 Å². The van der Waals surface area contributed by atoms with Crippen molar-refractivity contribution in [1.29, 1.82) is 0 Å². The van der Waals surface area contributed by atoms with Crippen molar-refractivity contribution in [3.63, 3.8) is 0 Å². The quantitative estimate of drug-likeness (QED) is 0.712. The number of carbonyl (C=O) groups excluding carboxylic acids is 1. The number of carbonyl (C=O) groups is 1. The lowest BCUT2D eigenvalue weighted by atomic mass is 9.98. The van der Waals surface area contributed by atoms with E-state index in [0.29, 0.717) is 0 Å². The molecule has 1 atom stereocenters. The van der Waals surface area contributed by atoms with Crippen molar-refractivity contribution in [3.8, 4) is 0 Å². The first-order chi connectivity index (χ1) is 6.52. The predicted molar refractivity (Wildman–Crippen MR) is 50.3 cm³/mol. The number of hydrogen-bond donors (Lipinski definition) is 0. The van der Waals surface area contributed by atoms with Crippen LogP contribution in [0.3, 0.4) is 0 Å². The fourth-order valence-corrected chi connectivity index (χ4v) is 1.48. The van der Waals surface area contributed by atoms with Gasteiger partial charge >= 0.3 is 0 Å². The van der Waals surface area contributed by atoms with E-state index in [0.717, 1.165) is 6.07 Å². The Morgan fingerprint density at radius 2 is 2.14 bits per heavy atom. The fraction of sp³-hybridized carbons (Fsp3) is 0.300. The van der Waals surface area contributed by atoms with Crippen molar-refractivity contribution < 1.29 is 13.6 Å². The minimum absolute atomic E-state index is 0.00191. The first-order valence-corrected chi connectivity index (χ1v) is 4.52. The molecule has 0 fully saturated rings. The smallest absolute Gasteiger partial charge is 0.222 e. The van der Waals surface area contributed by atoms with E-state index in [4.69, 9.17) is 11.6 Å². The SMILES string of the molecule is CC(CC(=O)Cl)c1cccc(F)c1F. The number of benzene rings is 1. The standard InChI is InChI=1S/C10H9ClF2O/c1-6(5-9(11)14)7-3-2-4-8(12)10(7)13/h2-4,6H,5H2,1H3. The summed E-state index contributed by atoms with van der Waals surface area (Å²) >= 11 is 5.16. The van der Waals surface area contributed by atoms with Gasteiger partial charge in [0.1, 0.15) is 0 Å². The lowest BCUT2D eigenvalue weighted by Crippen LogP contribution is -2.02. The summed E-state index contributed by atoms with van der Waals surface area (Å²) in [5.41, 5.74) is 0.180. The summed E-state index contributed by atoms with van der Waals surface area (Å²) in [6.07, 6.45) is 0.00191. The van der Waals surface area contributed by atoms with E-state index in [1.54, 1.807) is 6.92 Å². The minimum Gasteiger partial charge on any atom is -0.281 e. The van der Waals surface area contributed by atoms with Crippen molar-refractivity contribution >= 4 is 16.8 Å². The molecule has 0 bridgehead atoms. The fourth-order valence-electron chi connectivity index (χ4n) is 1.25. The highest BCUT2D eigenvalue weighted by Gasteiger charge is 2.15. The first-order valence-electron chi connectivity index (χ1n) is 4.14. The van der Waals surface area contributed by atoms with Gasteiger partial charge in [0.15, 0.2) is 11.6 Å². The maximum Gasteiger partial charge on any atom is 0.222 e. The van der Waals surface area contributed by atoms with Gasteiger partial charge in [-0.3, -0.25) is 4.79 Å². The zero-order valence-electron chi connectivity index (χ0n) is 7.56. The number of hydrogen-bond acceptors (Lipinski definition) is 1. The van der Waals surface area contributed by atoms with Gasteiger partial charge in [-0.15, -0.1) is 0 Å². The molecule has 76 valence electrons. The normalized spacial score (nSPS) is 12.6. The highest BCUT2D eigenvalue weighted by molar-refractivity contribution is 6.63. The van der Waals surface area contributed by atoms with E-state index in [1.165, 1.54) is 12.1 Å². The third-order valence-corrected chi connectivity index (χ3v) is 2.13. The van der Waals surface area contributed by atoms with Gasteiger partial charge in [-0.25, -0.2) is 8.78 Å². The Kier molecular flexibility index (Phi) is 3.58. The summed E-state index contributed by atoms with van der Waals surface area (Å²) in [7, 11) is 0. The predicted octanol–water partition coefficient (Wildman–Crippen LogP) is 3.22. The molecule has 0 spiro atoms. The zero-order valence-corrected chi connectivity index (χ0v) is 8.31. The number of halogens is 3. The molecule has 0 aliphatic carbocycles. The average molecular weight is 219 g/mol. The van der Waals surface area contributed by atoms with Gasteiger partial charge in [0.2, 0.25) is 5.24 Å². The lowest BCUT2D eigenvalue weighted by Gasteiger charge is -2.10. The van der Waals surface area contributed by atoms with Crippen molar-refractivity contribution in [2.45, 2.75) is 19.3 Å². The van der Waals surface area contributed by atoms with Crippen molar-refractivity contribution in [3.05, 3.63) is 35.4 Å². The van der Waals surface area contributed by atoms with Crippen LogP contribution >= 0.6 is 11.6 Å². The highest BCUT2D eigenvalue weighted by Crippen LogP contribution is 2.24. The molecule has 1 aromatic rings. The van der Waals surface area contributed by atoms with Gasteiger partial charge in [0.25, 0.3) is 0 Å². The van der Waals surface area contributed by atoms with Crippen LogP contribution in [0.5, 0.6) is 0 Å². The van der Waals surface area contributed by atoms with Crippen LogP contribution in [-0.2, 0) is 4.79 Å². The van der Waals surface area contributed by atoms with Gasteiger partial charge in [0.05, 0.1) is 0 Å². The van der Waals surface area contributed by atoms with Crippen molar-refractivity contribution in [2.24, 2.45) is 0 Å². The minimum atomic E-state index is -0.906. The Balaban J connectivity index is 2.95. The van der Waals surface area contributed by atoms with Crippen LogP contribution in [0.25, 0.3) is 0 Å². The van der Waals surface area contributed by atoms with Crippen molar-refractivity contribution in [1.82, 2.24) is 0 Å². The zero-order chi connectivity index (χ0) is 10.7. The summed E-state index contributed by atoms with van der Waals surface area (Å²) in [5, 5.41) is -0.554. The molecule has 1 rings (SSSR count). The Hall–Kier alpha value is -0.960. The molecule has 0 saturated carbocycles. The van der Waals surface area contributed by atoms with Crippen LogP contribution in [0, 0.1) is 11.6 Å². The van der Waals surface area contributed by atoms with Gasteiger partial charge in [-0.05, 0) is 29.1 Å². The second-order valence-electron chi connectivity index (χ2n) is 3.10. The monoisotopic (exact) mass is 218 g/mol. The van der Waals surface area contributed by atoms with E-state index in [1.807, 2.05) is 0 Å². The Morgan fingerprint density at radius 1 is 1.50 bits per heavy atom. The molecule has 0 aliphatic rings. The summed E-state index contributed by atoms with van der Waals surface area (Å²) in [4.78, 5) is 10.6. The van der Waals surface area contributed by atoms with Crippen LogP contribution in [0.1, 0.15) is 24.8 Å². The van der Waals surface area contributed by atoms with Gasteiger partial charge in [-0.2, -0.15) is 0 Å². The molecule has 4 heteroatoms. The first kappa shape index (κ1) is 11.1. The second-order valence-corrected chi connectivity index (χ2v) is 3.52. The van der Waals surface area contributed by atoms with Crippen LogP contribution in [0.15, 0.2) is 18.2 Å². The maximum absolute atomic E-state index is 13.2. The lowest BCUT2D eigenvalue weighted by molar-refractivity contribution is -0.111. The third-order valence-electron chi connectivity index (χ3n) is 1.98. The third kappa shape index (κ3) is 2.51. The molecule has 0 radical (unpaired) electrons. The van der Waals surface area contributed by atoms with E-state index < -0.39 is 22.8 Å². The molecule has 1 nitrogen and oxygen atoms in total. The van der Waals surface area contributed by atoms with Crippen LogP contribution in [0.4, 0.5) is 8.78 Å². The Bertz CT molecular complexity index is 352.